The number of halogens is 2. The zero-order valence-electron chi connectivity index (χ0n) is 9.68. The van der Waals surface area contributed by atoms with Crippen LogP contribution in [0, 0.1) is 5.82 Å². The van der Waals surface area contributed by atoms with Crippen LogP contribution in [0.25, 0.3) is 0 Å². The van der Waals surface area contributed by atoms with Crippen LogP contribution in [0.5, 0.6) is 0 Å². The Labute approximate surface area is 109 Å². The third-order valence-corrected chi connectivity index (χ3v) is 4.01. The molecule has 0 atom stereocenters. The normalized spacial score (nSPS) is 19.0. The highest BCUT2D eigenvalue weighted by atomic mass is 79.9. The molecule has 0 aliphatic heterocycles. The monoisotopic (exact) mass is 301 g/mol. The zero-order valence-corrected chi connectivity index (χ0v) is 11.3. The standard InChI is InChI=1S/C13H17BrFNO/c14-11-5-4-10(15)8-12(11)16-9-13(17)6-2-1-3-7-13/h4-5,8,16-17H,1-3,6-7,9H2. The van der Waals surface area contributed by atoms with Crippen molar-refractivity contribution in [1.82, 2.24) is 0 Å². The molecule has 2 nitrogen and oxygen atoms in total. The Morgan fingerprint density at radius 3 is 2.71 bits per heavy atom. The zero-order chi connectivity index (χ0) is 12.3. The Hall–Kier alpha value is -0.610. The van der Waals surface area contributed by atoms with Gasteiger partial charge in [0.15, 0.2) is 0 Å². The van der Waals surface area contributed by atoms with Gasteiger partial charge in [0.2, 0.25) is 0 Å². The molecule has 0 unspecified atom stereocenters. The second kappa shape index (κ2) is 5.36. The van der Waals surface area contributed by atoms with Crippen molar-refractivity contribution in [3.05, 3.63) is 28.5 Å². The van der Waals surface area contributed by atoms with Gasteiger partial charge in [0.25, 0.3) is 0 Å². The van der Waals surface area contributed by atoms with Gasteiger partial charge in [-0.05, 0) is 47.0 Å². The summed E-state index contributed by atoms with van der Waals surface area (Å²) in [5, 5.41) is 13.4. The van der Waals surface area contributed by atoms with Crippen LogP contribution in [0.2, 0.25) is 0 Å². The lowest BCUT2D eigenvalue weighted by atomic mass is 9.85. The number of hydrogen-bond acceptors (Lipinski definition) is 2. The largest absolute Gasteiger partial charge is 0.388 e. The first-order valence-electron chi connectivity index (χ1n) is 6.00. The van der Waals surface area contributed by atoms with Crippen molar-refractivity contribution in [3.8, 4) is 0 Å². The highest BCUT2D eigenvalue weighted by Gasteiger charge is 2.28. The van der Waals surface area contributed by atoms with Crippen LogP contribution < -0.4 is 5.32 Å². The third-order valence-electron chi connectivity index (χ3n) is 3.32. The second-order valence-electron chi connectivity index (χ2n) is 4.76. The van der Waals surface area contributed by atoms with Crippen LogP contribution in [0.4, 0.5) is 10.1 Å². The summed E-state index contributed by atoms with van der Waals surface area (Å²) >= 11 is 3.36. The number of aliphatic hydroxyl groups is 1. The number of anilines is 1. The first kappa shape index (κ1) is 12.8. The van der Waals surface area contributed by atoms with Gasteiger partial charge in [-0.25, -0.2) is 4.39 Å². The Balaban J connectivity index is 1.99. The van der Waals surface area contributed by atoms with Crippen LogP contribution in [0.15, 0.2) is 22.7 Å². The maximum absolute atomic E-state index is 13.1. The maximum atomic E-state index is 13.1. The Morgan fingerprint density at radius 1 is 1.29 bits per heavy atom. The van der Waals surface area contributed by atoms with Crippen LogP contribution in [-0.2, 0) is 0 Å². The quantitative estimate of drug-likeness (QED) is 0.892. The van der Waals surface area contributed by atoms with Crippen molar-refractivity contribution in [2.24, 2.45) is 0 Å². The lowest BCUT2D eigenvalue weighted by Crippen LogP contribution is -2.38. The van der Waals surface area contributed by atoms with E-state index in [1.807, 2.05) is 0 Å². The molecule has 0 amide bonds. The number of benzene rings is 1. The van der Waals surface area contributed by atoms with Crippen LogP contribution >= 0.6 is 15.9 Å². The fraction of sp³-hybridized carbons (Fsp3) is 0.538. The van der Waals surface area contributed by atoms with Gasteiger partial charge in [-0.15, -0.1) is 0 Å². The highest BCUT2D eigenvalue weighted by molar-refractivity contribution is 9.10. The fourth-order valence-corrected chi connectivity index (χ4v) is 2.67. The summed E-state index contributed by atoms with van der Waals surface area (Å²) in [6.45, 7) is 0.481. The molecule has 1 aliphatic rings. The van der Waals surface area contributed by atoms with E-state index in [1.165, 1.54) is 18.6 Å². The van der Waals surface area contributed by atoms with Crippen molar-refractivity contribution in [3.63, 3.8) is 0 Å². The molecule has 1 fully saturated rings. The van der Waals surface area contributed by atoms with Gasteiger partial charge in [0.1, 0.15) is 5.82 Å². The maximum Gasteiger partial charge on any atom is 0.125 e. The summed E-state index contributed by atoms with van der Waals surface area (Å²) in [6.07, 6.45) is 5.00. The van der Waals surface area contributed by atoms with Gasteiger partial charge in [-0.3, -0.25) is 0 Å². The predicted molar refractivity (Wildman–Crippen MR) is 70.6 cm³/mol. The molecule has 1 saturated carbocycles. The van der Waals surface area contributed by atoms with Gasteiger partial charge >= 0.3 is 0 Å². The van der Waals surface area contributed by atoms with Crippen molar-refractivity contribution in [2.75, 3.05) is 11.9 Å². The summed E-state index contributed by atoms with van der Waals surface area (Å²) in [5.41, 5.74) is 0.0632. The average molecular weight is 302 g/mol. The Bertz CT molecular complexity index is 391. The SMILES string of the molecule is OC1(CNc2cc(F)ccc2Br)CCCCC1. The van der Waals surface area contributed by atoms with Crippen molar-refractivity contribution >= 4 is 21.6 Å². The molecular weight excluding hydrogens is 285 g/mol. The van der Waals surface area contributed by atoms with E-state index in [0.29, 0.717) is 12.2 Å². The molecule has 4 heteroatoms. The summed E-state index contributed by atoms with van der Waals surface area (Å²) in [6, 6.07) is 4.52. The van der Waals surface area contributed by atoms with E-state index in [1.54, 1.807) is 6.07 Å². The lowest BCUT2D eigenvalue weighted by Gasteiger charge is -2.32. The Morgan fingerprint density at radius 2 is 2.00 bits per heavy atom. The highest BCUT2D eigenvalue weighted by Crippen LogP contribution is 2.30. The molecule has 1 aromatic rings. The van der Waals surface area contributed by atoms with E-state index in [-0.39, 0.29) is 5.82 Å². The number of nitrogens with one attached hydrogen (secondary N) is 1. The van der Waals surface area contributed by atoms with E-state index in [0.717, 1.165) is 30.2 Å². The van der Waals surface area contributed by atoms with Crippen LogP contribution in [-0.4, -0.2) is 17.3 Å². The molecule has 0 heterocycles. The molecule has 0 radical (unpaired) electrons. The summed E-state index contributed by atoms with van der Waals surface area (Å²) in [4.78, 5) is 0. The summed E-state index contributed by atoms with van der Waals surface area (Å²) < 4.78 is 13.9. The topological polar surface area (TPSA) is 32.3 Å². The van der Waals surface area contributed by atoms with Crippen molar-refractivity contribution in [1.29, 1.82) is 0 Å². The first-order valence-corrected chi connectivity index (χ1v) is 6.80. The van der Waals surface area contributed by atoms with E-state index < -0.39 is 5.60 Å². The van der Waals surface area contributed by atoms with Crippen molar-refractivity contribution in [2.45, 2.75) is 37.7 Å². The molecule has 0 aromatic heterocycles. The first-order chi connectivity index (χ1) is 8.09. The minimum Gasteiger partial charge on any atom is -0.388 e. The molecular formula is C13H17BrFNO. The van der Waals surface area contributed by atoms with Gasteiger partial charge in [-0.1, -0.05) is 19.3 Å². The lowest BCUT2D eigenvalue weighted by molar-refractivity contribution is 0.0167. The fourth-order valence-electron chi connectivity index (χ4n) is 2.28. The van der Waals surface area contributed by atoms with Gasteiger partial charge < -0.3 is 10.4 Å². The smallest absolute Gasteiger partial charge is 0.125 e. The molecule has 1 aromatic carbocycles. The molecule has 1 aliphatic carbocycles. The van der Waals surface area contributed by atoms with Gasteiger partial charge in [0.05, 0.1) is 11.3 Å². The van der Waals surface area contributed by atoms with Gasteiger partial charge in [-0.2, -0.15) is 0 Å². The molecule has 94 valence electrons. The van der Waals surface area contributed by atoms with E-state index in [4.69, 9.17) is 0 Å². The second-order valence-corrected chi connectivity index (χ2v) is 5.62. The number of hydrogen-bond donors (Lipinski definition) is 2. The molecule has 0 saturated heterocycles. The van der Waals surface area contributed by atoms with E-state index >= 15 is 0 Å². The van der Waals surface area contributed by atoms with Crippen LogP contribution in [0.1, 0.15) is 32.1 Å². The predicted octanol–water partition coefficient (Wildman–Crippen LogP) is 3.70. The van der Waals surface area contributed by atoms with Crippen LogP contribution in [0.3, 0.4) is 0 Å². The average Bonchev–Trinajstić information content (AvgIpc) is 2.31. The molecule has 2 rings (SSSR count). The molecule has 17 heavy (non-hydrogen) atoms. The summed E-state index contributed by atoms with van der Waals surface area (Å²) in [7, 11) is 0. The van der Waals surface area contributed by atoms with E-state index in [2.05, 4.69) is 21.2 Å². The third kappa shape index (κ3) is 3.42. The molecule has 0 spiro atoms. The molecule has 2 N–H and O–H groups in total. The van der Waals surface area contributed by atoms with Gasteiger partial charge in [0, 0.05) is 11.0 Å². The Kier molecular flexibility index (Phi) is 4.05. The summed E-state index contributed by atoms with van der Waals surface area (Å²) in [5.74, 6) is -0.272. The molecule has 0 bridgehead atoms. The van der Waals surface area contributed by atoms with Crippen molar-refractivity contribution < 1.29 is 9.50 Å². The van der Waals surface area contributed by atoms with E-state index in [9.17, 15) is 9.50 Å². The number of rotatable bonds is 3. The minimum atomic E-state index is -0.635. The minimum absolute atomic E-state index is 0.272.